The summed E-state index contributed by atoms with van der Waals surface area (Å²) in [5.74, 6) is 1.12. The summed E-state index contributed by atoms with van der Waals surface area (Å²) in [6, 6.07) is 10.1. The molecule has 0 radical (unpaired) electrons. The molecule has 0 aliphatic carbocycles. The monoisotopic (exact) mass is 232 g/mol. The number of halogens is 1. The van der Waals surface area contributed by atoms with Crippen LogP contribution in [0, 0.1) is 5.82 Å². The summed E-state index contributed by atoms with van der Waals surface area (Å²) in [7, 11) is 1.78. The lowest BCUT2D eigenvalue weighted by Gasteiger charge is -2.08. The molecule has 3 nitrogen and oxygen atoms in total. The zero-order valence-corrected chi connectivity index (χ0v) is 9.48. The molecule has 0 aliphatic rings. The molecule has 88 valence electrons. The van der Waals surface area contributed by atoms with Crippen LogP contribution in [0.4, 0.5) is 10.2 Å². The van der Waals surface area contributed by atoms with Crippen LogP contribution in [-0.4, -0.2) is 12.0 Å². The molecule has 0 amide bonds. The quantitative estimate of drug-likeness (QED) is 0.880. The van der Waals surface area contributed by atoms with E-state index in [0.29, 0.717) is 11.3 Å². The summed E-state index contributed by atoms with van der Waals surface area (Å²) in [5.41, 5.74) is 0.537. The van der Waals surface area contributed by atoms with Crippen LogP contribution in [-0.2, 0) is 6.61 Å². The third-order valence-corrected chi connectivity index (χ3v) is 2.34. The minimum atomic E-state index is -0.254. The zero-order chi connectivity index (χ0) is 12.1. The first-order valence-electron chi connectivity index (χ1n) is 5.29. The van der Waals surface area contributed by atoms with Crippen LogP contribution in [0.2, 0.25) is 0 Å². The Bertz CT molecular complexity index is 502. The van der Waals surface area contributed by atoms with Crippen LogP contribution < -0.4 is 10.1 Å². The average Bonchev–Trinajstić information content (AvgIpc) is 2.38. The van der Waals surface area contributed by atoms with Gasteiger partial charge in [0.05, 0.1) is 0 Å². The molecule has 0 spiro atoms. The molecule has 0 bridgehead atoms. The normalized spacial score (nSPS) is 10.0. The van der Waals surface area contributed by atoms with Gasteiger partial charge in [0.1, 0.15) is 24.0 Å². The molecule has 17 heavy (non-hydrogen) atoms. The fraction of sp³-hybridized carbons (Fsp3) is 0.154. The molecule has 0 fully saturated rings. The number of aromatic nitrogens is 1. The van der Waals surface area contributed by atoms with E-state index in [1.165, 1.54) is 6.07 Å². The smallest absolute Gasteiger partial charge is 0.129 e. The summed E-state index contributed by atoms with van der Waals surface area (Å²) in [4.78, 5) is 4.07. The highest BCUT2D eigenvalue weighted by molar-refractivity contribution is 5.39. The lowest BCUT2D eigenvalue weighted by Crippen LogP contribution is -1.99. The third kappa shape index (κ3) is 2.93. The average molecular weight is 232 g/mol. The first-order valence-corrected chi connectivity index (χ1v) is 5.29. The summed E-state index contributed by atoms with van der Waals surface area (Å²) < 4.78 is 18.8. The number of rotatable bonds is 4. The minimum Gasteiger partial charge on any atom is -0.489 e. The van der Waals surface area contributed by atoms with Gasteiger partial charge in [-0.1, -0.05) is 18.2 Å². The van der Waals surface area contributed by atoms with Gasteiger partial charge in [-0.2, -0.15) is 0 Å². The highest BCUT2D eigenvalue weighted by Crippen LogP contribution is 2.16. The topological polar surface area (TPSA) is 34.1 Å². The maximum Gasteiger partial charge on any atom is 0.129 e. The number of pyridine rings is 1. The van der Waals surface area contributed by atoms with Gasteiger partial charge in [-0.05, 0) is 12.1 Å². The van der Waals surface area contributed by atoms with Crippen molar-refractivity contribution < 1.29 is 9.13 Å². The Morgan fingerprint density at radius 2 is 2.12 bits per heavy atom. The van der Waals surface area contributed by atoms with Crippen molar-refractivity contribution in [2.75, 3.05) is 12.4 Å². The predicted molar refractivity (Wildman–Crippen MR) is 64.5 cm³/mol. The van der Waals surface area contributed by atoms with Gasteiger partial charge in [0.25, 0.3) is 0 Å². The van der Waals surface area contributed by atoms with E-state index in [1.54, 1.807) is 43.6 Å². The number of hydrogen-bond acceptors (Lipinski definition) is 3. The van der Waals surface area contributed by atoms with Crippen molar-refractivity contribution in [3.05, 3.63) is 54.0 Å². The van der Waals surface area contributed by atoms with Crippen LogP contribution in [0.5, 0.6) is 5.75 Å². The Morgan fingerprint density at radius 3 is 2.88 bits per heavy atom. The number of nitrogens with one attached hydrogen (secondary N) is 1. The summed E-state index contributed by atoms with van der Waals surface area (Å²) >= 11 is 0. The van der Waals surface area contributed by atoms with Crippen LogP contribution in [0.15, 0.2) is 42.6 Å². The highest BCUT2D eigenvalue weighted by Gasteiger charge is 2.02. The van der Waals surface area contributed by atoms with Crippen molar-refractivity contribution in [1.82, 2.24) is 4.98 Å². The van der Waals surface area contributed by atoms with Crippen LogP contribution in [0.1, 0.15) is 5.56 Å². The van der Waals surface area contributed by atoms with Crippen molar-refractivity contribution in [3.8, 4) is 5.75 Å². The predicted octanol–water partition coefficient (Wildman–Crippen LogP) is 2.84. The Labute approximate surface area is 99.3 Å². The fourth-order valence-electron chi connectivity index (χ4n) is 1.41. The molecular formula is C13H13FN2O. The zero-order valence-electron chi connectivity index (χ0n) is 9.48. The first kappa shape index (κ1) is 11.4. The van der Waals surface area contributed by atoms with E-state index in [4.69, 9.17) is 4.74 Å². The Kier molecular flexibility index (Phi) is 3.55. The van der Waals surface area contributed by atoms with E-state index in [9.17, 15) is 4.39 Å². The first-order chi connectivity index (χ1) is 8.29. The maximum absolute atomic E-state index is 13.3. The van der Waals surface area contributed by atoms with Crippen molar-refractivity contribution in [2.45, 2.75) is 6.61 Å². The second kappa shape index (κ2) is 5.30. The third-order valence-electron chi connectivity index (χ3n) is 2.34. The number of anilines is 1. The number of benzene rings is 1. The van der Waals surface area contributed by atoms with Gasteiger partial charge in [0, 0.05) is 24.9 Å². The lowest BCUT2D eigenvalue weighted by molar-refractivity contribution is 0.299. The highest BCUT2D eigenvalue weighted by atomic mass is 19.1. The van der Waals surface area contributed by atoms with Gasteiger partial charge < -0.3 is 10.1 Å². The van der Waals surface area contributed by atoms with E-state index in [1.807, 2.05) is 0 Å². The molecule has 4 heteroatoms. The van der Waals surface area contributed by atoms with Crippen LogP contribution in [0.3, 0.4) is 0 Å². The van der Waals surface area contributed by atoms with Gasteiger partial charge in [-0.3, -0.25) is 0 Å². The molecule has 0 saturated heterocycles. The van der Waals surface area contributed by atoms with E-state index in [-0.39, 0.29) is 12.4 Å². The SMILES string of the molecule is CNc1cc(OCc2ccccc2F)ccn1. The van der Waals surface area contributed by atoms with Crippen molar-refractivity contribution >= 4 is 5.82 Å². The molecule has 0 atom stereocenters. The van der Waals surface area contributed by atoms with E-state index >= 15 is 0 Å². The van der Waals surface area contributed by atoms with Crippen molar-refractivity contribution in [3.63, 3.8) is 0 Å². The molecule has 0 saturated carbocycles. The Morgan fingerprint density at radius 1 is 1.29 bits per heavy atom. The standard InChI is InChI=1S/C13H13FN2O/c1-15-13-8-11(6-7-16-13)17-9-10-4-2-3-5-12(10)14/h2-8H,9H2,1H3,(H,15,16). The van der Waals surface area contributed by atoms with Gasteiger partial charge in [0.15, 0.2) is 0 Å². The largest absolute Gasteiger partial charge is 0.489 e. The number of hydrogen-bond donors (Lipinski definition) is 1. The van der Waals surface area contributed by atoms with Gasteiger partial charge in [-0.15, -0.1) is 0 Å². The molecule has 2 aromatic rings. The Hall–Kier alpha value is -2.10. The van der Waals surface area contributed by atoms with E-state index in [2.05, 4.69) is 10.3 Å². The summed E-state index contributed by atoms with van der Waals surface area (Å²) in [5, 5.41) is 2.91. The molecule has 1 aromatic carbocycles. The van der Waals surface area contributed by atoms with Crippen molar-refractivity contribution in [1.29, 1.82) is 0 Å². The molecular weight excluding hydrogens is 219 g/mol. The molecule has 0 aliphatic heterocycles. The van der Waals surface area contributed by atoms with Crippen LogP contribution in [0.25, 0.3) is 0 Å². The Balaban J connectivity index is 2.05. The molecule has 0 unspecified atom stereocenters. The summed E-state index contributed by atoms with van der Waals surface area (Å²) in [6.07, 6.45) is 1.64. The van der Waals surface area contributed by atoms with E-state index in [0.717, 1.165) is 5.82 Å². The van der Waals surface area contributed by atoms with Gasteiger partial charge in [0.2, 0.25) is 0 Å². The maximum atomic E-state index is 13.3. The minimum absolute atomic E-state index is 0.208. The second-order valence-electron chi connectivity index (χ2n) is 3.51. The molecule has 1 aromatic heterocycles. The molecule has 1 N–H and O–H groups in total. The van der Waals surface area contributed by atoms with E-state index < -0.39 is 0 Å². The summed E-state index contributed by atoms with van der Waals surface area (Å²) in [6.45, 7) is 0.208. The van der Waals surface area contributed by atoms with Crippen molar-refractivity contribution in [2.24, 2.45) is 0 Å². The second-order valence-corrected chi connectivity index (χ2v) is 3.51. The number of nitrogens with zero attached hydrogens (tertiary/aromatic N) is 1. The van der Waals surface area contributed by atoms with Gasteiger partial charge >= 0.3 is 0 Å². The lowest BCUT2D eigenvalue weighted by atomic mass is 10.2. The van der Waals surface area contributed by atoms with Gasteiger partial charge in [-0.25, -0.2) is 9.37 Å². The molecule has 2 rings (SSSR count). The fourth-order valence-corrected chi connectivity index (χ4v) is 1.41. The van der Waals surface area contributed by atoms with Crippen LogP contribution >= 0.6 is 0 Å². The number of ether oxygens (including phenoxy) is 1. The molecule has 1 heterocycles.